The number of aryl methyl sites for hydroxylation is 4. The van der Waals surface area contributed by atoms with E-state index in [4.69, 9.17) is 44.6 Å². The molecule has 252 valence electrons. The second-order valence-electron chi connectivity index (χ2n) is 12.2. The van der Waals surface area contributed by atoms with Crippen molar-refractivity contribution < 1.29 is 18.9 Å². The third-order valence-corrected chi connectivity index (χ3v) is 8.60. The molecular formula is C47H40O4. The molecule has 0 aliphatic rings. The van der Waals surface area contributed by atoms with Crippen molar-refractivity contribution in [1.82, 2.24) is 0 Å². The first-order valence-electron chi connectivity index (χ1n) is 16.6. The van der Waals surface area contributed by atoms with E-state index in [9.17, 15) is 0 Å². The lowest BCUT2D eigenvalue weighted by molar-refractivity contribution is 0.357. The number of hydrogen-bond donors (Lipinski definition) is 0. The topological polar surface area (TPSA) is 36.9 Å². The van der Waals surface area contributed by atoms with Crippen LogP contribution in [-0.2, 0) is 0 Å². The van der Waals surface area contributed by atoms with Crippen LogP contribution in [-0.4, -0.2) is 26.4 Å². The zero-order chi connectivity index (χ0) is 36.3. The SMILES string of the molecule is C#CCOc1ccc(-c2cc(C)c(OCC#C)c(C(c3ccccc3)c3cc(-c4ccc(OCC#C)c(C)c4)cc(C)c3OCC#C)c2)cc1C. The molecule has 0 heterocycles. The fourth-order valence-corrected chi connectivity index (χ4v) is 6.38. The van der Waals surface area contributed by atoms with Gasteiger partial charge in [0.2, 0.25) is 0 Å². The lowest BCUT2D eigenvalue weighted by Gasteiger charge is -2.27. The van der Waals surface area contributed by atoms with E-state index in [0.29, 0.717) is 11.5 Å². The first-order valence-corrected chi connectivity index (χ1v) is 16.6. The standard InChI is InChI=1S/C47H40O4/c1-9-22-48-43-20-18-37(26-32(43)5)39-28-34(7)46(50-24-11-3)41(30-39)45(36-16-14-13-15-17-36)42-31-40(29-35(8)47(42)51-25-12-4)38-19-21-44(33(6)27-38)49-23-10-2/h1-4,13-21,26-31,45H,22-25H2,5-8H3. The molecule has 5 aromatic carbocycles. The van der Waals surface area contributed by atoms with E-state index in [1.54, 1.807) is 0 Å². The van der Waals surface area contributed by atoms with E-state index >= 15 is 0 Å². The predicted molar refractivity (Wildman–Crippen MR) is 207 cm³/mol. The Balaban J connectivity index is 1.78. The Labute approximate surface area is 302 Å². The van der Waals surface area contributed by atoms with Crippen LogP contribution < -0.4 is 18.9 Å². The Kier molecular flexibility index (Phi) is 11.8. The number of benzene rings is 5. The zero-order valence-corrected chi connectivity index (χ0v) is 29.5. The minimum Gasteiger partial charge on any atom is -0.481 e. The Hall–Kier alpha value is -6.46. The Morgan fingerprint density at radius 1 is 0.451 bits per heavy atom. The summed E-state index contributed by atoms with van der Waals surface area (Å²) >= 11 is 0. The van der Waals surface area contributed by atoms with Crippen LogP contribution in [0.3, 0.4) is 0 Å². The van der Waals surface area contributed by atoms with Crippen LogP contribution in [0.1, 0.15) is 44.9 Å². The molecule has 0 atom stereocenters. The maximum atomic E-state index is 6.37. The number of ether oxygens (including phenoxy) is 4. The highest BCUT2D eigenvalue weighted by Gasteiger charge is 2.28. The zero-order valence-electron chi connectivity index (χ0n) is 29.5. The summed E-state index contributed by atoms with van der Waals surface area (Å²) in [4.78, 5) is 0. The van der Waals surface area contributed by atoms with Gasteiger partial charge in [0, 0.05) is 17.0 Å². The predicted octanol–water partition coefficient (Wildman–Crippen LogP) is 9.48. The Bertz CT molecular complexity index is 2060. The van der Waals surface area contributed by atoms with Crippen molar-refractivity contribution in [3.63, 3.8) is 0 Å². The molecule has 0 saturated heterocycles. The third-order valence-electron chi connectivity index (χ3n) is 8.60. The molecular weight excluding hydrogens is 629 g/mol. The van der Waals surface area contributed by atoms with Crippen molar-refractivity contribution in [3.8, 4) is 94.6 Å². The molecule has 0 bridgehead atoms. The molecule has 0 saturated carbocycles. The summed E-state index contributed by atoms with van der Waals surface area (Å²) in [5.74, 6) is 13.0. The highest BCUT2D eigenvalue weighted by atomic mass is 16.5. The van der Waals surface area contributed by atoms with E-state index in [1.165, 1.54) is 0 Å². The minimum atomic E-state index is -0.331. The summed E-state index contributed by atoms with van der Waals surface area (Å²) in [5, 5.41) is 0. The number of rotatable bonds is 13. The van der Waals surface area contributed by atoms with Crippen molar-refractivity contribution in [1.29, 1.82) is 0 Å². The summed E-state index contributed by atoms with van der Waals surface area (Å²) in [6.45, 7) is 8.75. The summed E-state index contributed by atoms with van der Waals surface area (Å²) in [7, 11) is 0. The molecule has 0 radical (unpaired) electrons. The van der Waals surface area contributed by atoms with Gasteiger partial charge in [-0.05, 0) is 126 Å². The molecule has 0 spiro atoms. The average molecular weight is 669 g/mol. The van der Waals surface area contributed by atoms with Crippen LogP contribution in [0, 0.1) is 77.1 Å². The molecule has 0 aliphatic heterocycles. The molecule has 0 aliphatic carbocycles. The first-order chi connectivity index (χ1) is 24.8. The average Bonchev–Trinajstić information content (AvgIpc) is 3.13. The molecule has 5 aromatic rings. The lowest BCUT2D eigenvalue weighted by Crippen LogP contribution is -2.12. The van der Waals surface area contributed by atoms with Crippen molar-refractivity contribution in [2.24, 2.45) is 0 Å². The largest absolute Gasteiger partial charge is 0.481 e. The maximum Gasteiger partial charge on any atom is 0.148 e. The minimum absolute atomic E-state index is 0.113. The van der Waals surface area contributed by atoms with E-state index in [-0.39, 0.29) is 32.3 Å². The van der Waals surface area contributed by atoms with Gasteiger partial charge in [-0.1, -0.05) is 66.1 Å². The van der Waals surface area contributed by atoms with Crippen LogP contribution in [0.15, 0.2) is 91.0 Å². The quantitative estimate of drug-likeness (QED) is 0.0926. The van der Waals surface area contributed by atoms with Gasteiger partial charge >= 0.3 is 0 Å². The van der Waals surface area contributed by atoms with Gasteiger partial charge in [-0.3, -0.25) is 0 Å². The second kappa shape index (κ2) is 16.8. The van der Waals surface area contributed by atoms with Crippen LogP contribution in [0.2, 0.25) is 0 Å². The van der Waals surface area contributed by atoms with Gasteiger partial charge in [0.05, 0.1) is 0 Å². The van der Waals surface area contributed by atoms with Gasteiger partial charge < -0.3 is 18.9 Å². The Morgan fingerprint density at radius 2 is 0.843 bits per heavy atom. The molecule has 0 aromatic heterocycles. The van der Waals surface area contributed by atoms with E-state index < -0.39 is 0 Å². The monoisotopic (exact) mass is 668 g/mol. The fraction of sp³-hybridized carbons (Fsp3) is 0.191. The molecule has 51 heavy (non-hydrogen) atoms. The van der Waals surface area contributed by atoms with Gasteiger partial charge in [-0.25, -0.2) is 0 Å². The summed E-state index contributed by atoms with van der Waals surface area (Å²) in [6, 6.07) is 31.1. The molecule has 0 fully saturated rings. The van der Waals surface area contributed by atoms with Crippen molar-refractivity contribution in [2.75, 3.05) is 26.4 Å². The summed E-state index contributed by atoms with van der Waals surface area (Å²) in [5.41, 5.74) is 10.9. The molecule has 0 amide bonds. The van der Waals surface area contributed by atoms with Gasteiger partial charge in [0.25, 0.3) is 0 Å². The molecule has 0 unspecified atom stereocenters. The van der Waals surface area contributed by atoms with Crippen molar-refractivity contribution in [2.45, 2.75) is 33.6 Å². The smallest absolute Gasteiger partial charge is 0.148 e. The van der Waals surface area contributed by atoms with Gasteiger partial charge in [-0.15, -0.1) is 25.7 Å². The van der Waals surface area contributed by atoms with E-state index in [0.717, 1.165) is 72.7 Å². The number of terminal acetylenes is 4. The van der Waals surface area contributed by atoms with Gasteiger partial charge in [0.1, 0.15) is 49.4 Å². The Morgan fingerprint density at radius 3 is 1.24 bits per heavy atom. The molecule has 5 rings (SSSR count). The third kappa shape index (κ3) is 8.23. The molecule has 0 N–H and O–H groups in total. The van der Waals surface area contributed by atoms with E-state index in [1.807, 2.05) is 70.2 Å². The van der Waals surface area contributed by atoms with Crippen molar-refractivity contribution >= 4 is 0 Å². The normalized spacial score (nSPS) is 10.4. The highest BCUT2D eigenvalue weighted by Crippen LogP contribution is 2.47. The van der Waals surface area contributed by atoms with Crippen LogP contribution in [0.4, 0.5) is 0 Å². The van der Waals surface area contributed by atoms with E-state index in [2.05, 4.69) is 72.2 Å². The molecule has 4 nitrogen and oxygen atoms in total. The number of hydrogen-bond acceptors (Lipinski definition) is 4. The van der Waals surface area contributed by atoms with Gasteiger partial charge in [0.15, 0.2) is 0 Å². The van der Waals surface area contributed by atoms with Crippen LogP contribution in [0.25, 0.3) is 22.3 Å². The van der Waals surface area contributed by atoms with Gasteiger partial charge in [-0.2, -0.15) is 0 Å². The highest BCUT2D eigenvalue weighted by molar-refractivity contribution is 5.74. The maximum absolute atomic E-state index is 6.37. The van der Waals surface area contributed by atoms with Crippen LogP contribution >= 0.6 is 0 Å². The lowest BCUT2D eigenvalue weighted by atomic mass is 9.80. The first kappa shape index (κ1) is 35.8. The molecule has 4 heteroatoms. The summed E-state index contributed by atoms with van der Waals surface area (Å²) < 4.78 is 24.3. The second-order valence-corrected chi connectivity index (χ2v) is 12.2. The van der Waals surface area contributed by atoms with Crippen LogP contribution in [0.5, 0.6) is 23.0 Å². The fourth-order valence-electron chi connectivity index (χ4n) is 6.38. The van der Waals surface area contributed by atoms with Crippen molar-refractivity contribution in [3.05, 3.63) is 130 Å². The summed E-state index contributed by atoms with van der Waals surface area (Å²) in [6.07, 6.45) is 22.4.